The molecule has 30 heavy (non-hydrogen) atoms. The van der Waals surface area contributed by atoms with Gasteiger partial charge in [0.25, 0.3) is 0 Å². The number of nitrogens with zero attached hydrogens (tertiary/aromatic N) is 5. The molecule has 0 bridgehead atoms. The zero-order valence-corrected chi connectivity index (χ0v) is 17.7. The maximum atomic E-state index is 12.3. The van der Waals surface area contributed by atoms with E-state index in [0.717, 1.165) is 43.9 Å². The van der Waals surface area contributed by atoms with E-state index in [4.69, 9.17) is 20.3 Å². The van der Waals surface area contributed by atoms with Crippen molar-refractivity contribution in [2.75, 3.05) is 51.6 Å². The molecular formula is C20H29N7O3. The molecule has 0 saturated carbocycles. The summed E-state index contributed by atoms with van der Waals surface area (Å²) in [6, 6.07) is 2.02. The lowest BCUT2D eigenvalue weighted by Crippen LogP contribution is -2.41. The van der Waals surface area contributed by atoms with Gasteiger partial charge in [-0.25, -0.2) is 9.78 Å². The third kappa shape index (κ3) is 3.62. The van der Waals surface area contributed by atoms with Crippen LogP contribution in [0.4, 0.5) is 22.1 Å². The van der Waals surface area contributed by atoms with Crippen molar-refractivity contribution in [2.45, 2.75) is 31.8 Å². The van der Waals surface area contributed by atoms with Gasteiger partial charge in [0.2, 0.25) is 0 Å². The van der Waals surface area contributed by atoms with Gasteiger partial charge in [-0.2, -0.15) is 5.10 Å². The molecule has 4 heterocycles. The van der Waals surface area contributed by atoms with E-state index >= 15 is 0 Å². The molecule has 10 heteroatoms. The van der Waals surface area contributed by atoms with E-state index in [1.165, 1.54) is 5.69 Å². The number of amides is 2. The van der Waals surface area contributed by atoms with Crippen LogP contribution in [0.2, 0.25) is 0 Å². The van der Waals surface area contributed by atoms with E-state index in [1.54, 1.807) is 26.4 Å². The molecule has 1 saturated heterocycles. The quantitative estimate of drug-likeness (QED) is 0.782. The second-order valence-electron chi connectivity index (χ2n) is 7.61. The maximum absolute atomic E-state index is 12.3. The van der Waals surface area contributed by atoms with Gasteiger partial charge >= 0.3 is 6.03 Å². The van der Waals surface area contributed by atoms with E-state index in [-0.39, 0.29) is 6.03 Å². The maximum Gasteiger partial charge on any atom is 0.317 e. The number of hydrogen-bond acceptors (Lipinski definition) is 7. The molecule has 162 valence electrons. The van der Waals surface area contributed by atoms with Crippen molar-refractivity contribution >= 4 is 23.4 Å². The third-order valence-corrected chi connectivity index (χ3v) is 5.86. The molecule has 0 radical (unpaired) electrons. The number of hydrogen-bond donors (Lipinski definition) is 2. The lowest BCUT2D eigenvalue weighted by atomic mass is 10.0. The van der Waals surface area contributed by atoms with E-state index in [2.05, 4.69) is 15.0 Å². The van der Waals surface area contributed by atoms with Crippen LogP contribution in [-0.4, -0.2) is 66.7 Å². The van der Waals surface area contributed by atoms with Gasteiger partial charge in [-0.3, -0.25) is 4.68 Å². The predicted molar refractivity (Wildman–Crippen MR) is 113 cm³/mol. The highest BCUT2D eigenvalue weighted by Gasteiger charge is 2.32. The Morgan fingerprint density at radius 3 is 2.87 bits per heavy atom. The van der Waals surface area contributed by atoms with Crippen LogP contribution in [0, 0.1) is 0 Å². The number of urea groups is 1. The summed E-state index contributed by atoms with van der Waals surface area (Å²) in [5, 5.41) is 7.73. The number of carbonyl (C=O) groups excluding carboxylic acids is 1. The van der Waals surface area contributed by atoms with E-state index in [1.807, 2.05) is 16.8 Å². The molecule has 0 aliphatic carbocycles. The minimum Gasteiger partial charge on any atom is -0.494 e. The van der Waals surface area contributed by atoms with Crippen molar-refractivity contribution in [3.8, 4) is 5.75 Å². The van der Waals surface area contributed by atoms with Crippen LogP contribution < -0.4 is 20.7 Å². The molecule has 1 fully saturated rings. The van der Waals surface area contributed by atoms with E-state index in [0.29, 0.717) is 36.4 Å². The molecule has 2 aliphatic heterocycles. The number of nitrogens with one attached hydrogen (secondary N) is 1. The predicted octanol–water partition coefficient (Wildman–Crippen LogP) is 1.69. The van der Waals surface area contributed by atoms with E-state index < -0.39 is 0 Å². The normalized spacial score (nSPS) is 16.8. The zero-order chi connectivity index (χ0) is 21.3. The van der Waals surface area contributed by atoms with Crippen LogP contribution in [0.3, 0.4) is 0 Å². The molecular weight excluding hydrogens is 386 g/mol. The van der Waals surface area contributed by atoms with Gasteiger partial charge in [-0.15, -0.1) is 0 Å². The molecule has 10 nitrogen and oxygen atoms in total. The van der Waals surface area contributed by atoms with Gasteiger partial charge in [0.05, 0.1) is 31.6 Å². The van der Waals surface area contributed by atoms with Crippen molar-refractivity contribution in [2.24, 2.45) is 0 Å². The number of fused-ring (bicyclic) bond motifs is 1. The van der Waals surface area contributed by atoms with Crippen LogP contribution in [0.1, 0.15) is 30.1 Å². The molecule has 0 spiro atoms. The van der Waals surface area contributed by atoms with E-state index in [9.17, 15) is 4.79 Å². The molecule has 0 unspecified atom stereocenters. The third-order valence-electron chi connectivity index (χ3n) is 5.86. The summed E-state index contributed by atoms with van der Waals surface area (Å²) < 4.78 is 13.0. The highest BCUT2D eigenvalue weighted by atomic mass is 16.5. The average Bonchev–Trinajstić information content (AvgIpc) is 3.17. The largest absolute Gasteiger partial charge is 0.494 e. The second-order valence-corrected chi connectivity index (χ2v) is 7.61. The van der Waals surface area contributed by atoms with Crippen molar-refractivity contribution < 1.29 is 14.3 Å². The topological polar surface area (TPSA) is 111 Å². The van der Waals surface area contributed by atoms with Crippen LogP contribution in [0.5, 0.6) is 5.75 Å². The van der Waals surface area contributed by atoms with Gasteiger partial charge in [-0.1, -0.05) is 0 Å². The van der Waals surface area contributed by atoms with Gasteiger partial charge in [-0.05, 0) is 12.8 Å². The number of nitrogen functional groups attached to an aromatic ring is 1. The molecule has 4 rings (SSSR count). The molecule has 0 atom stereocenters. The summed E-state index contributed by atoms with van der Waals surface area (Å²) in [7, 11) is 5.16. The summed E-state index contributed by atoms with van der Waals surface area (Å²) in [4.78, 5) is 20.5. The Hall–Kier alpha value is -3.01. The Morgan fingerprint density at radius 1 is 1.40 bits per heavy atom. The monoisotopic (exact) mass is 415 g/mol. The van der Waals surface area contributed by atoms with Crippen molar-refractivity contribution in [1.82, 2.24) is 25.0 Å². The minimum absolute atomic E-state index is 0.0830. The van der Waals surface area contributed by atoms with Gasteiger partial charge in [0, 0.05) is 57.6 Å². The Morgan fingerprint density at radius 2 is 2.17 bits per heavy atom. The summed E-state index contributed by atoms with van der Waals surface area (Å²) in [5.41, 5.74) is 8.65. The van der Waals surface area contributed by atoms with Gasteiger partial charge in [0.15, 0.2) is 5.82 Å². The summed E-state index contributed by atoms with van der Waals surface area (Å²) in [5.74, 6) is 2.04. The van der Waals surface area contributed by atoms with Crippen molar-refractivity contribution in [1.29, 1.82) is 0 Å². The summed E-state index contributed by atoms with van der Waals surface area (Å²) in [6.45, 7) is 2.65. The average molecular weight is 415 g/mol. The molecule has 3 N–H and O–H groups in total. The Kier molecular flexibility index (Phi) is 5.67. The first kappa shape index (κ1) is 20.3. The first-order valence-corrected chi connectivity index (χ1v) is 10.2. The van der Waals surface area contributed by atoms with Crippen LogP contribution in [0.25, 0.3) is 0 Å². The number of nitrogens with two attached hydrogens (primary N) is 1. The number of methoxy groups -OCH3 is 1. The van der Waals surface area contributed by atoms with Gasteiger partial charge < -0.3 is 30.3 Å². The van der Waals surface area contributed by atoms with Crippen LogP contribution in [0.15, 0.2) is 12.3 Å². The Balaban J connectivity index is 1.74. The Bertz CT molecular complexity index is 923. The zero-order valence-electron chi connectivity index (χ0n) is 17.7. The smallest absolute Gasteiger partial charge is 0.317 e. The highest BCUT2D eigenvalue weighted by Crippen LogP contribution is 2.36. The minimum atomic E-state index is -0.0830. The number of rotatable bonds is 4. The number of ether oxygens (including phenoxy) is 2. The van der Waals surface area contributed by atoms with Crippen molar-refractivity contribution in [3.05, 3.63) is 23.5 Å². The summed E-state index contributed by atoms with van der Waals surface area (Å²) in [6.07, 6.45) is 4.22. The standard InChI is InChI=1S/C20H29N7O3/c1-22-20(28)26-7-4-16-14(12-26)19(24-27(16)13-5-8-30-9-6-13)25(2)18-10-17(29-3)15(21)11-23-18/h10-11,13H,4-9,12,21H2,1-3H3,(H,22,28). The lowest BCUT2D eigenvalue weighted by molar-refractivity contribution is 0.0651. The van der Waals surface area contributed by atoms with Crippen LogP contribution in [-0.2, 0) is 17.7 Å². The van der Waals surface area contributed by atoms with Crippen LogP contribution >= 0.6 is 0 Å². The fourth-order valence-electron chi connectivity index (χ4n) is 4.17. The molecule has 0 aromatic carbocycles. The molecule has 2 aromatic heterocycles. The fraction of sp³-hybridized carbons (Fsp3) is 0.550. The molecule has 2 aliphatic rings. The fourth-order valence-corrected chi connectivity index (χ4v) is 4.17. The second kappa shape index (κ2) is 8.39. The summed E-state index contributed by atoms with van der Waals surface area (Å²) >= 11 is 0. The highest BCUT2D eigenvalue weighted by molar-refractivity contribution is 5.75. The first-order valence-electron chi connectivity index (χ1n) is 10.2. The number of pyridine rings is 1. The number of aromatic nitrogens is 3. The molecule has 2 amide bonds. The Labute approximate surface area is 175 Å². The van der Waals surface area contributed by atoms with Gasteiger partial charge in [0.1, 0.15) is 11.6 Å². The lowest BCUT2D eigenvalue weighted by Gasteiger charge is -2.30. The first-order chi connectivity index (χ1) is 14.5. The number of carbonyl (C=O) groups is 1. The SMILES string of the molecule is CNC(=O)N1CCc2c(c(N(C)c3cc(OC)c(N)cn3)nn2C2CCOCC2)C1. The van der Waals surface area contributed by atoms with Crippen molar-refractivity contribution in [3.63, 3.8) is 0 Å². The molecule has 2 aromatic rings. The number of anilines is 3.